The van der Waals surface area contributed by atoms with Crippen LogP contribution in [0, 0.1) is 5.92 Å². The third-order valence-electron chi connectivity index (χ3n) is 3.89. The van der Waals surface area contributed by atoms with Crippen molar-refractivity contribution in [2.24, 2.45) is 5.92 Å². The first-order chi connectivity index (χ1) is 8.33. The second kappa shape index (κ2) is 4.63. The average Bonchev–Trinajstić information content (AvgIpc) is 3.11. The summed E-state index contributed by atoms with van der Waals surface area (Å²) in [5, 5.41) is 13.6. The number of hydrogen-bond donors (Lipinski definition) is 2. The molecule has 0 heterocycles. The Hall–Kier alpha value is -1.12. The van der Waals surface area contributed by atoms with Gasteiger partial charge in [0.1, 0.15) is 0 Å². The Morgan fingerprint density at radius 1 is 1.18 bits per heavy atom. The van der Waals surface area contributed by atoms with Gasteiger partial charge in [-0.25, -0.2) is 0 Å². The van der Waals surface area contributed by atoms with Crippen LogP contribution in [0.2, 0.25) is 0 Å². The number of fused-ring (bicyclic) bond motifs is 1. The van der Waals surface area contributed by atoms with Crippen molar-refractivity contribution in [2.75, 3.05) is 0 Å². The summed E-state index contributed by atoms with van der Waals surface area (Å²) < 4.78 is 0. The van der Waals surface area contributed by atoms with Gasteiger partial charge in [-0.15, -0.1) is 0 Å². The monoisotopic (exact) mass is 229 g/mol. The Balaban J connectivity index is 1.58. The van der Waals surface area contributed by atoms with Crippen LogP contribution in [0.1, 0.15) is 24.8 Å². The Labute approximate surface area is 102 Å². The summed E-state index contributed by atoms with van der Waals surface area (Å²) >= 11 is 0. The highest BCUT2D eigenvalue weighted by molar-refractivity contribution is 5.31. The maximum atomic E-state index is 10.1. The molecule has 1 aromatic rings. The molecule has 0 amide bonds. The van der Waals surface area contributed by atoms with Gasteiger partial charge in [-0.2, -0.15) is 0 Å². The summed E-state index contributed by atoms with van der Waals surface area (Å²) in [5.41, 5.74) is 2.83. The van der Waals surface area contributed by atoms with Crippen molar-refractivity contribution in [3.05, 3.63) is 47.5 Å². The van der Waals surface area contributed by atoms with E-state index in [9.17, 15) is 5.11 Å². The van der Waals surface area contributed by atoms with Crippen molar-refractivity contribution >= 4 is 0 Å². The first kappa shape index (κ1) is 11.0. The molecule has 17 heavy (non-hydrogen) atoms. The minimum absolute atomic E-state index is 0.188. The molecule has 0 spiro atoms. The molecule has 3 rings (SSSR count). The molecule has 1 fully saturated rings. The third-order valence-corrected chi connectivity index (χ3v) is 3.89. The van der Waals surface area contributed by atoms with Crippen LogP contribution >= 0.6 is 0 Å². The van der Waals surface area contributed by atoms with E-state index in [4.69, 9.17) is 0 Å². The van der Waals surface area contributed by atoms with E-state index < -0.39 is 0 Å². The summed E-state index contributed by atoms with van der Waals surface area (Å²) in [5.74, 6) is 0.716. The smallest absolute Gasteiger partial charge is 0.0696 e. The zero-order valence-corrected chi connectivity index (χ0v) is 9.97. The molecule has 3 atom stereocenters. The quantitative estimate of drug-likeness (QED) is 0.779. The van der Waals surface area contributed by atoms with E-state index in [-0.39, 0.29) is 12.1 Å². The van der Waals surface area contributed by atoms with Crippen molar-refractivity contribution in [2.45, 2.75) is 38.0 Å². The summed E-state index contributed by atoms with van der Waals surface area (Å²) in [6, 6.07) is 10.6. The molecular weight excluding hydrogens is 210 g/mol. The molecule has 0 radical (unpaired) electrons. The van der Waals surface area contributed by atoms with Crippen molar-refractivity contribution in [1.82, 2.24) is 5.32 Å². The Bertz CT molecular complexity index is 412. The van der Waals surface area contributed by atoms with Crippen molar-refractivity contribution < 1.29 is 5.11 Å². The molecular formula is C15H19NO. The molecule has 1 aromatic carbocycles. The van der Waals surface area contributed by atoms with Crippen molar-refractivity contribution in [3.63, 3.8) is 0 Å². The van der Waals surface area contributed by atoms with E-state index in [1.165, 1.54) is 5.56 Å². The van der Waals surface area contributed by atoms with Crippen LogP contribution in [0.3, 0.4) is 0 Å². The molecule has 0 bridgehead atoms. The predicted molar refractivity (Wildman–Crippen MR) is 68.5 cm³/mol. The fourth-order valence-electron chi connectivity index (χ4n) is 2.69. The summed E-state index contributed by atoms with van der Waals surface area (Å²) in [6.45, 7) is 0.848. The fourth-order valence-corrected chi connectivity index (χ4v) is 2.69. The molecule has 2 aliphatic rings. The lowest BCUT2D eigenvalue weighted by molar-refractivity contribution is 0.120. The maximum absolute atomic E-state index is 10.1. The van der Waals surface area contributed by atoms with E-state index in [1.54, 1.807) is 5.57 Å². The maximum Gasteiger partial charge on any atom is 0.0696 e. The average molecular weight is 229 g/mol. The van der Waals surface area contributed by atoms with Crippen LogP contribution in [-0.2, 0) is 6.54 Å². The molecule has 0 aliphatic heterocycles. The van der Waals surface area contributed by atoms with Gasteiger partial charge in [0.25, 0.3) is 0 Å². The van der Waals surface area contributed by atoms with Gasteiger partial charge in [0.2, 0.25) is 0 Å². The third kappa shape index (κ3) is 2.59. The van der Waals surface area contributed by atoms with Crippen LogP contribution < -0.4 is 5.32 Å². The fraction of sp³-hybridized carbons (Fsp3) is 0.467. The Morgan fingerprint density at radius 3 is 2.82 bits per heavy atom. The minimum atomic E-state index is -0.188. The van der Waals surface area contributed by atoms with E-state index in [0.717, 1.165) is 25.8 Å². The molecule has 0 aromatic heterocycles. The minimum Gasteiger partial charge on any atom is -0.391 e. The van der Waals surface area contributed by atoms with Crippen molar-refractivity contribution in [3.8, 4) is 0 Å². The van der Waals surface area contributed by atoms with E-state index in [2.05, 4.69) is 35.7 Å². The van der Waals surface area contributed by atoms with Gasteiger partial charge in [0.05, 0.1) is 6.10 Å². The SMILES string of the molecule is O[C@H]1CCC2C=C2C[C@@H]1NCc1ccccc1. The zero-order chi connectivity index (χ0) is 11.7. The molecule has 0 saturated heterocycles. The van der Waals surface area contributed by atoms with Gasteiger partial charge in [0, 0.05) is 12.6 Å². The summed E-state index contributed by atoms with van der Waals surface area (Å²) in [4.78, 5) is 0. The van der Waals surface area contributed by atoms with Crippen LogP contribution in [0.15, 0.2) is 42.0 Å². The largest absolute Gasteiger partial charge is 0.391 e. The first-order valence-corrected chi connectivity index (χ1v) is 6.49. The number of aliphatic hydroxyl groups excluding tert-OH is 1. The highest BCUT2D eigenvalue weighted by Gasteiger charge is 2.34. The second-order valence-corrected chi connectivity index (χ2v) is 5.17. The van der Waals surface area contributed by atoms with E-state index >= 15 is 0 Å². The lowest BCUT2D eigenvalue weighted by Crippen LogP contribution is -2.38. The van der Waals surface area contributed by atoms with Gasteiger partial charge < -0.3 is 10.4 Å². The van der Waals surface area contributed by atoms with Crippen LogP contribution in [0.4, 0.5) is 0 Å². The van der Waals surface area contributed by atoms with Gasteiger partial charge in [-0.1, -0.05) is 42.0 Å². The Kier molecular flexibility index (Phi) is 3.00. The topological polar surface area (TPSA) is 32.3 Å². The summed E-state index contributed by atoms with van der Waals surface area (Å²) in [6.07, 6.45) is 5.26. The number of hydrogen-bond acceptors (Lipinski definition) is 2. The van der Waals surface area contributed by atoms with Gasteiger partial charge >= 0.3 is 0 Å². The standard InChI is InChI=1S/C15H19NO/c17-15-7-6-12-8-13(12)9-14(15)16-10-11-4-2-1-3-5-11/h1-5,8,12,14-17H,6-7,9-10H2/t12?,14-,15-/m0/s1. The lowest BCUT2D eigenvalue weighted by atomic mass is 10.0. The molecule has 2 nitrogen and oxygen atoms in total. The number of allylic oxidation sites excluding steroid dienone is 1. The molecule has 2 heteroatoms. The first-order valence-electron chi connectivity index (χ1n) is 6.49. The van der Waals surface area contributed by atoms with Crippen molar-refractivity contribution in [1.29, 1.82) is 0 Å². The predicted octanol–water partition coefficient (Wildman–Crippen LogP) is 2.25. The molecule has 2 aliphatic carbocycles. The van der Waals surface area contributed by atoms with E-state index in [0.29, 0.717) is 5.92 Å². The second-order valence-electron chi connectivity index (χ2n) is 5.17. The lowest BCUT2D eigenvalue weighted by Gasteiger charge is -2.22. The van der Waals surface area contributed by atoms with Crippen LogP contribution in [-0.4, -0.2) is 17.3 Å². The molecule has 1 unspecified atom stereocenters. The van der Waals surface area contributed by atoms with E-state index in [1.807, 2.05) is 6.07 Å². The highest BCUT2D eigenvalue weighted by Crippen LogP contribution is 2.40. The number of nitrogens with one attached hydrogen (secondary N) is 1. The Morgan fingerprint density at radius 2 is 2.00 bits per heavy atom. The summed E-state index contributed by atoms with van der Waals surface area (Å²) in [7, 11) is 0. The number of rotatable bonds is 3. The number of aliphatic hydroxyl groups is 1. The van der Waals surface area contributed by atoms with Gasteiger partial charge in [-0.05, 0) is 30.7 Å². The molecule has 1 saturated carbocycles. The zero-order valence-electron chi connectivity index (χ0n) is 9.97. The number of benzene rings is 1. The highest BCUT2D eigenvalue weighted by atomic mass is 16.3. The van der Waals surface area contributed by atoms with Crippen LogP contribution in [0.5, 0.6) is 0 Å². The molecule has 2 N–H and O–H groups in total. The van der Waals surface area contributed by atoms with Crippen LogP contribution in [0.25, 0.3) is 0 Å². The van der Waals surface area contributed by atoms with Gasteiger partial charge in [0.15, 0.2) is 0 Å². The van der Waals surface area contributed by atoms with Gasteiger partial charge in [-0.3, -0.25) is 0 Å². The normalized spacial score (nSPS) is 31.4. The molecule has 90 valence electrons.